The second-order valence-corrected chi connectivity index (χ2v) is 6.33. The highest BCUT2D eigenvalue weighted by atomic mass is 35.5. The number of rotatable bonds is 2. The third kappa shape index (κ3) is 2.76. The van der Waals surface area contributed by atoms with Crippen LogP contribution in [-0.4, -0.2) is 37.0 Å². The van der Waals surface area contributed by atoms with Crippen LogP contribution < -0.4 is 10.5 Å². The minimum atomic E-state index is -0.0948. The third-order valence-electron chi connectivity index (χ3n) is 4.01. The van der Waals surface area contributed by atoms with Gasteiger partial charge in [0, 0.05) is 19.1 Å². The molecule has 5 heteroatoms. The Kier molecular flexibility index (Phi) is 4.25. The van der Waals surface area contributed by atoms with Gasteiger partial charge < -0.3 is 15.4 Å². The molecule has 1 aromatic carbocycles. The van der Waals surface area contributed by atoms with E-state index in [-0.39, 0.29) is 17.4 Å². The van der Waals surface area contributed by atoms with Crippen LogP contribution in [-0.2, 0) is 0 Å². The molecule has 0 aliphatic carbocycles. The molecule has 1 unspecified atom stereocenters. The molecular formula is C15H21ClN2O2. The SMILES string of the molecule is COc1cccc(Cl)c1C(=O)N1CCC(N)C(C)(C)C1. The number of nitrogens with zero attached hydrogens (tertiary/aromatic N) is 1. The summed E-state index contributed by atoms with van der Waals surface area (Å²) in [5.74, 6) is 0.419. The quantitative estimate of drug-likeness (QED) is 0.912. The Morgan fingerprint density at radius 3 is 2.80 bits per heavy atom. The summed E-state index contributed by atoms with van der Waals surface area (Å²) in [6.07, 6.45) is 0.797. The van der Waals surface area contributed by atoms with Crippen molar-refractivity contribution >= 4 is 17.5 Å². The summed E-state index contributed by atoms with van der Waals surface area (Å²) in [5.41, 5.74) is 6.45. The van der Waals surface area contributed by atoms with E-state index in [1.54, 1.807) is 25.3 Å². The van der Waals surface area contributed by atoms with E-state index in [4.69, 9.17) is 22.1 Å². The van der Waals surface area contributed by atoms with E-state index in [2.05, 4.69) is 13.8 Å². The molecule has 1 saturated heterocycles. The standard InChI is InChI=1S/C15H21ClN2O2/c1-15(2)9-18(8-7-12(15)17)14(19)13-10(16)5-4-6-11(13)20-3/h4-6,12H,7-9,17H2,1-3H3. The van der Waals surface area contributed by atoms with Crippen molar-refractivity contribution in [1.82, 2.24) is 4.90 Å². The van der Waals surface area contributed by atoms with E-state index < -0.39 is 0 Å². The lowest BCUT2D eigenvalue weighted by atomic mass is 9.79. The number of carbonyl (C=O) groups excluding carboxylic acids is 1. The maximum Gasteiger partial charge on any atom is 0.259 e. The number of piperidine rings is 1. The normalized spacial score (nSPS) is 21.6. The van der Waals surface area contributed by atoms with E-state index >= 15 is 0 Å². The Bertz CT molecular complexity index is 517. The van der Waals surface area contributed by atoms with Gasteiger partial charge in [0.15, 0.2) is 0 Å². The number of nitrogens with two attached hydrogens (primary N) is 1. The fraction of sp³-hybridized carbons (Fsp3) is 0.533. The van der Waals surface area contributed by atoms with Crippen LogP contribution in [0.1, 0.15) is 30.6 Å². The van der Waals surface area contributed by atoms with E-state index in [0.29, 0.717) is 29.4 Å². The van der Waals surface area contributed by atoms with Gasteiger partial charge in [0.1, 0.15) is 11.3 Å². The van der Waals surface area contributed by atoms with Crippen LogP contribution in [0.4, 0.5) is 0 Å². The summed E-state index contributed by atoms with van der Waals surface area (Å²) in [7, 11) is 1.54. The van der Waals surface area contributed by atoms with Gasteiger partial charge in [-0.25, -0.2) is 0 Å². The zero-order valence-corrected chi connectivity index (χ0v) is 12.9. The second kappa shape index (κ2) is 5.62. The third-order valence-corrected chi connectivity index (χ3v) is 4.32. The van der Waals surface area contributed by atoms with Gasteiger partial charge >= 0.3 is 0 Å². The highest BCUT2D eigenvalue weighted by Crippen LogP contribution is 2.32. The van der Waals surface area contributed by atoms with Crippen molar-refractivity contribution in [2.24, 2.45) is 11.1 Å². The van der Waals surface area contributed by atoms with Crippen molar-refractivity contribution in [3.05, 3.63) is 28.8 Å². The first kappa shape index (κ1) is 15.1. The summed E-state index contributed by atoms with van der Waals surface area (Å²) in [5, 5.41) is 0.419. The molecule has 1 aliphatic rings. The van der Waals surface area contributed by atoms with Gasteiger partial charge in [-0.05, 0) is 24.0 Å². The molecule has 1 aliphatic heterocycles. The number of amides is 1. The number of likely N-dealkylation sites (tertiary alicyclic amines) is 1. The first-order valence-corrected chi connectivity index (χ1v) is 7.12. The van der Waals surface area contributed by atoms with Crippen LogP contribution in [0.5, 0.6) is 5.75 Å². The summed E-state index contributed by atoms with van der Waals surface area (Å²) in [4.78, 5) is 14.5. The molecule has 1 fully saturated rings. The summed E-state index contributed by atoms with van der Waals surface area (Å²) >= 11 is 6.17. The van der Waals surface area contributed by atoms with Gasteiger partial charge in [-0.3, -0.25) is 4.79 Å². The predicted octanol–water partition coefficient (Wildman–Crippen LogP) is 2.55. The molecule has 0 radical (unpaired) electrons. The van der Waals surface area contributed by atoms with E-state index in [1.165, 1.54) is 0 Å². The molecule has 4 nitrogen and oxygen atoms in total. The molecule has 1 heterocycles. The molecule has 20 heavy (non-hydrogen) atoms. The van der Waals surface area contributed by atoms with Gasteiger partial charge in [-0.2, -0.15) is 0 Å². The largest absolute Gasteiger partial charge is 0.496 e. The fourth-order valence-corrected chi connectivity index (χ4v) is 2.83. The summed E-state index contributed by atoms with van der Waals surface area (Å²) in [6, 6.07) is 5.34. The molecule has 1 atom stereocenters. The van der Waals surface area contributed by atoms with E-state index in [9.17, 15) is 4.79 Å². The zero-order chi connectivity index (χ0) is 14.9. The smallest absolute Gasteiger partial charge is 0.259 e. The summed E-state index contributed by atoms with van der Waals surface area (Å²) < 4.78 is 5.25. The van der Waals surface area contributed by atoms with Crippen LogP contribution in [0, 0.1) is 5.41 Å². The Morgan fingerprint density at radius 2 is 2.20 bits per heavy atom. The molecule has 1 amide bonds. The van der Waals surface area contributed by atoms with Gasteiger partial charge in [0.2, 0.25) is 0 Å². The van der Waals surface area contributed by atoms with E-state index in [1.807, 2.05) is 4.90 Å². The average Bonchev–Trinajstić information content (AvgIpc) is 2.40. The lowest BCUT2D eigenvalue weighted by Crippen LogP contribution is -2.54. The Morgan fingerprint density at radius 1 is 1.50 bits per heavy atom. The molecule has 0 saturated carbocycles. The number of halogens is 1. The Labute approximate surface area is 124 Å². The van der Waals surface area contributed by atoms with Crippen LogP contribution in [0.2, 0.25) is 5.02 Å². The minimum Gasteiger partial charge on any atom is -0.496 e. The number of hydrogen-bond acceptors (Lipinski definition) is 3. The van der Waals surface area contributed by atoms with Crippen LogP contribution in [0.3, 0.4) is 0 Å². The van der Waals surface area contributed by atoms with Crippen molar-refractivity contribution < 1.29 is 9.53 Å². The number of benzene rings is 1. The number of hydrogen-bond donors (Lipinski definition) is 1. The van der Waals surface area contributed by atoms with Crippen molar-refractivity contribution in [2.45, 2.75) is 26.3 Å². The number of ether oxygens (including phenoxy) is 1. The van der Waals surface area contributed by atoms with Crippen molar-refractivity contribution in [1.29, 1.82) is 0 Å². The number of carbonyl (C=O) groups is 1. The van der Waals surface area contributed by atoms with Crippen molar-refractivity contribution in [3.63, 3.8) is 0 Å². The average molecular weight is 297 g/mol. The molecular weight excluding hydrogens is 276 g/mol. The van der Waals surface area contributed by atoms with Gasteiger partial charge in [-0.15, -0.1) is 0 Å². The highest BCUT2D eigenvalue weighted by Gasteiger charge is 2.36. The summed E-state index contributed by atoms with van der Waals surface area (Å²) in [6.45, 7) is 5.45. The molecule has 0 aromatic heterocycles. The molecule has 2 rings (SSSR count). The van der Waals surface area contributed by atoms with Crippen LogP contribution >= 0.6 is 11.6 Å². The Hall–Kier alpha value is -1.26. The maximum absolute atomic E-state index is 12.7. The fourth-order valence-electron chi connectivity index (χ4n) is 2.59. The van der Waals surface area contributed by atoms with E-state index in [0.717, 1.165) is 6.42 Å². The van der Waals surface area contributed by atoms with Gasteiger partial charge in [0.05, 0.1) is 12.1 Å². The Balaban J connectivity index is 2.29. The predicted molar refractivity (Wildman–Crippen MR) is 80.3 cm³/mol. The molecule has 2 N–H and O–H groups in total. The van der Waals surface area contributed by atoms with Crippen molar-refractivity contribution in [2.75, 3.05) is 20.2 Å². The topological polar surface area (TPSA) is 55.6 Å². The van der Waals surface area contributed by atoms with Crippen LogP contribution in [0.25, 0.3) is 0 Å². The monoisotopic (exact) mass is 296 g/mol. The first-order chi connectivity index (χ1) is 9.36. The van der Waals surface area contributed by atoms with Gasteiger partial charge in [0.25, 0.3) is 5.91 Å². The second-order valence-electron chi connectivity index (χ2n) is 5.93. The highest BCUT2D eigenvalue weighted by molar-refractivity contribution is 6.34. The lowest BCUT2D eigenvalue weighted by molar-refractivity contribution is 0.0530. The lowest BCUT2D eigenvalue weighted by Gasteiger charge is -2.42. The molecule has 0 bridgehead atoms. The number of methoxy groups -OCH3 is 1. The zero-order valence-electron chi connectivity index (χ0n) is 12.1. The molecule has 0 spiro atoms. The molecule has 110 valence electrons. The molecule has 1 aromatic rings. The van der Waals surface area contributed by atoms with Gasteiger partial charge in [-0.1, -0.05) is 31.5 Å². The minimum absolute atomic E-state index is 0.0903. The maximum atomic E-state index is 12.7. The van der Waals surface area contributed by atoms with Crippen LogP contribution in [0.15, 0.2) is 18.2 Å². The van der Waals surface area contributed by atoms with Crippen molar-refractivity contribution in [3.8, 4) is 5.75 Å². The first-order valence-electron chi connectivity index (χ1n) is 6.74.